The van der Waals surface area contributed by atoms with Gasteiger partial charge in [-0.15, -0.1) is 0 Å². The van der Waals surface area contributed by atoms with Crippen molar-refractivity contribution in [1.82, 2.24) is 19.9 Å². The Morgan fingerprint density at radius 1 is 1.03 bits per heavy atom. The summed E-state index contributed by atoms with van der Waals surface area (Å²) in [5.41, 5.74) is 3.52. The fraction of sp³-hybridized carbons (Fsp3) is 0.421. The predicted octanol–water partition coefficient (Wildman–Crippen LogP) is 2.75. The quantitative estimate of drug-likeness (QED) is 0.615. The number of fused-ring (bicyclic) bond motifs is 1. The second-order valence-corrected chi connectivity index (χ2v) is 6.55. The maximum Gasteiger partial charge on any atom is 0.490 e. The molecule has 0 aromatic carbocycles. The van der Waals surface area contributed by atoms with Crippen LogP contribution in [0.5, 0.6) is 5.88 Å². The minimum atomic E-state index is -5.08. The molecule has 2 aromatic rings. The van der Waals surface area contributed by atoms with Crippen LogP contribution in [0.2, 0.25) is 0 Å². The van der Waals surface area contributed by atoms with Gasteiger partial charge in [-0.25, -0.2) is 19.6 Å². The van der Waals surface area contributed by atoms with Crippen LogP contribution in [-0.2, 0) is 29.0 Å². The van der Waals surface area contributed by atoms with Crippen molar-refractivity contribution in [2.24, 2.45) is 0 Å². The van der Waals surface area contributed by atoms with Gasteiger partial charge in [0.25, 0.3) is 0 Å². The van der Waals surface area contributed by atoms with Crippen LogP contribution in [0.3, 0.4) is 0 Å². The Bertz CT molecular complexity index is 917. The summed E-state index contributed by atoms with van der Waals surface area (Å²) in [7, 11) is 1.67. The maximum absolute atomic E-state index is 10.6. The van der Waals surface area contributed by atoms with Crippen molar-refractivity contribution in [2.75, 3.05) is 20.2 Å². The van der Waals surface area contributed by atoms with Crippen molar-refractivity contribution in [3.05, 3.63) is 47.7 Å². The fourth-order valence-corrected chi connectivity index (χ4v) is 2.63. The zero-order valence-electron chi connectivity index (χ0n) is 17.6. The van der Waals surface area contributed by atoms with E-state index in [9.17, 15) is 26.3 Å². The molecule has 0 saturated carbocycles. The van der Waals surface area contributed by atoms with Crippen molar-refractivity contribution in [3.8, 4) is 5.88 Å². The molecule has 1 aliphatic heterocycles. The second kappa shape index (κ2) is 12.7. The van der Waals surface area contributed by atoms with Crippen molar-refractivity contribution in [3.63, 3.8) is 0 Å². The van der Waals surface area contributed by atoms with Crippen molar-refractivity contribution >= 4 is 11.9 Å². The molecule has 3 rings (SSSR count). The summed E-state index contributed by atoms with van der Waals surface area (Å²) in [4.78, 5) is 33.0. The zero-order valence-corrected chi connectivity index (χ0v) is 17.6. The summed E-state index contributed by atoms with van der Waals surface area (Å²) in [6.45, 7) is 2.92. The number of hydrogen-bond acceptors (Lipinski definition) is 7. The lowest BCUT2D eigenvalue weighted by Gasteiger charge is -2.19. The third kappa shape index (κ3) is 9.97. The summed E-state index contributed by atoms with van der Waals surface area (Å²) in [6.07, 6.45) is -2.97. The SMILES string of the molecule is COc1ncnc2c1CCN(Cc1cccnc1)CC2.O=C(O)C(F)(F)F.O=C(O)C(F)(F)F. The van der Waals surface area contributed by atoms with E-state index in [0.29, 0.717) is 0 Å². The van der Waals surface area contributed by atoms with Crippen molar-refractivity contribution in [2.45, 2.75) is 31.7 Å². The Labute approximate surface area is 189 Å². The highest BCUT2D eigenvalue weighted by Gasteiger charge is 2.38. The number of halogens is 6. The van der Waals surface area contributed by atoms with Gasteiger partial charge in [0.1, 0.15) is 6.33 Å². The lowest BCUT2D eigenvalue weighted by molar-refractivity contribution is -0.193. The summed E-state index contributed by atoms with van der Waals surface area (Å²) >= 11 is 0. The van der Waals surface area contributed by atoms with E-state index in [1.165, 1.54) is 5.56 Å². The largest absolute Gasteiger partial charge is 0.490 e. The third-order valence-corrected chi connectivity index (χ3v) is 4.15. The highest BCUT2D eigenvalue weighted by molar-refractivity contribution is 5.73. The van der Waals surface area contributed by atoms with E-state index < -0.39 is 24.3 Å². The highest BCUT2D eigenvalue weighted by atomic mass is 19.4. The summed E-state index contributed by atoms with van der Waals surface area (Å²) in [5.74, 6) is -4.79. The summed E-state index contributed by atoms with van der Waals surface area (Å²) in [6, 6.07) is 4.10. The highest BCUT2D eigenvalue weighted by Crippen LogP contribution is 2.22. The van der Waals surface area contributed by atoms with Gasteiger partial charge in [0, 0.05) is 44.0 Å². The Morgan fingerprint density at radius 3 is 2.06 bits per heavy atom. The summed E-state index contributed by atoms with van der Waals surface area (Å²) < 4.78 is 68.8. The molecule has 0 saturated heterocycles. The molecule has 0 unspecified atom stereocenters. The average Bonchev–Trinajstić information content (AvgIpc) is 2.96. The summed E-state index contributed by atoms with van der Waals surface area (Å²) in [5, 5.41) is 14.2. The van der Waals surface area contributed by atoms with Crippen LogP contribution in [0.4, 0.5) is 26.3 Å². The number of ether oxygens (including phenoxy) is 1. The number of alkyl halides is 6. The van der Waals surface area contributed by atoms with E-state index in [-0.39, 0.29) is 0 Å². The lowest BCUT2D eigenvalue weighted by Crippen LogP contribution is -2.26. The molecule has 1 aliphatic rings. The molecule has 0 aliphatic carbocycles. The van der Waals surface area contributed by atoms with Gasteiger partial charge in [0.15, 0.2) is 0 Å². The van der Waals surface area contributed by atoms with Crippen LogP contribution in [-0.4, -0.2) is 74.6 Å². The van der Waals surface area contributed by atoms with Gasteiger partial charge >= 0.3 is 24.3 Å². The molecular formula is C19H20F6N4O5. The monoisotopic (exact) mass is 498 g/mol. The number of nitrogens with zero attached hydrogens (tertiary/aromatic N) is 4. The molecular weight excluding hydrogens is 478 g/mol. The molecule has 2 aromatic heterocycles. The molecule has 0 amide bonds. The fourth-order valence-electron chi connectivity index (χ4n) is 2.63. The maximum atomic E-state index is 10.6. The number of methoxy groups -OCH3 is 1. The number of pyridine rings is 1. The van der Waals surface area contributed by atoms with E-state index in [1.54, 1.807) is 13.4 Å². The molecule has 34 heavy (non-hydrogen) atoms. The first-order chi connectivity index (χ1) is 15.8. The number of hydrogen-bond donors (Lipinski definition) is 2. The standard InChI is InChI=1S/C15H18N4O.2C2HF3O2/c1-20-15-13-4-7-19(8-5-14(13)17-11-18-15)10-12-3-2-6-16-9-12;2*3-2(4,5)1(6)7/h2-3,6,9,11H,4-5,7-8,10H2,1H3;2*(H,6,7). The molecule has 0 bridgehead atoms. The van der Waals surface area contributed by atoms with Crippen LogP contribution in [0.1, 0.15) is 16.8 Å². The number of rotatable bonds is 3. The number of carboxylic acids is 2. The van der Waals surface area contributed by atoms with E-state index in [0.717, 1.165) is 49.6 Å². The van der Waals surface area contributed by atoms with Gasteiger partial charge in [-0.05, 0) is 18.1 Å². The van der Waals surface area contributed by atoms with Crippen LogP contribution in [0.25, 0.3) is 0 Å². The smallest absolute Gasteiger partial charge is 0.481 e. The minimum absolute atomic E-state index is 0.721. The van der Waals surface area contributed by atoms with Gasteiger partial charge in [0.2, 0.25) is 5.88 Å². The van der Waals surface area contributed by atoms with Crippen LogP contribution >= 0.6 is 0 Å². The molecule has 0 fully saturated rings. The molecule has 188 valence electrons. The van der Waals surface area contributed by atoms with E-state index in [4.69, 9.17) is 24.5 Å². The van der Waals surface area contributed by atoms with Crippen LogP contribution in [0.15, 0.2) is 30.9 Å². The number of carboxylic acid groups (broad SMARTS) is 2. The van der Waals surface area contributed by atoms with E-state index in [2.05, 4.69) is 25.9 Å². The first-order valence-corrected chi connectivity index (χ1v) is 9.34. The van der Waals surface area contributed by atoms with E-state index in [1.807, 2.05) is 18.5 Å². The zero-order chi connectivity index (χ0) is 25.9. The molecule has 3 heterocycles. The average molecular weight is 498 g/mol. The number of aromatic nitrogens is 3. The van der Waals surface area contributed by atoms with Crippen LogP contribution < -0.4 is 4.74 Å². The molecule has 0 radical (unpaired) electrons. The van der Waals surface area contributed by atoms with E-state index >= 15 is 0 Å². The molecule has 9 nitrogen and oxygen atoms in total. The lowest BCUT2D eigenvalue weighted by atomic mass is 10.1. The topological polar surface area (TPSA) is 126 Å². The Kier molecular flexibility index (Phi) is 10.6. The van der Waals surface area contributed by atoms with Gasteiger partial charge in [0.05, 0.1) is 12.8 Å². The normalized spacial score (nSPS) is 13.7. The van der Waals surface area contributed by atoms with Crippen molar-refractivity contribution in [1.29, 1.82) is 0 Å². The molecule has 2 N–H and O–H groups in total. The van der Waals surface area contributed by atoms with Crippen LogP contribution in [0, 0.1) is 0 Å². The molecule has 0 atom stereocenters. The second-order valence-electron chi connectivity index (χ2n) is 6.55. The van der Waals surface area contributed by atoms with Crippen molar-refractivity contribution < 1.29 is 50.9 Å². The molecule has 0 spiro atoms. The third-order valence-electron chi connectivity index (χ3n) is 4.15. The van der Waals surface area contributed by atoms with Gasteiger partial charge in [-0.3, -0.25) is 9.88 Å². The predicted molar refractivity (Wildman–Crippen MR) is 103 cm³/mol. The van der Waals surface area contributed by atoms with Gasteiger partial charge in [-0.2, -0.15) is 26.3 Å². The van der Waals surface area contributed by atoms with Gasteiger partial charge in [-0.1, -0.05) is 6.07 Å². The first kappa shape index (κ1) is 28.5. The minimum Gasteiger partial charge on any atom is -0.481 e. The number of aliphatic carboxylic acids is 2. The Balaban J connectivity index is 0.000000343. The Morgan fingerprint density at radius 2 is 1.59 bits per heavy atom. The number of carbonyl (C=O) groups is 2. The molecule has 15 heteroatoms. The Hall–Kier alpha value is -3.49. The van der Waals surface area contributed by atoms with Gasteiger partial charge < -0.3 is 14.9 Å². The first-order valence-electron chi connectivity index (χ1n) is 9.34.